The molecule has 7 rings (SSSR count). The number of carbonyl (C=O) groups is 3. The van der Waals surface area contributed by atoms with Gasteiger partial charge in [-0.25, -0.2) is 24.7 Å². The topological polar surface area (TPSA) is 151 Å². The smallest absolute Gasteiger partial charge is 0.331 e. The molecule has 3 aliphatic rings. The Morgan fingerprint density at radius 3 is 2.58 bits per heavy atom. The lowest BCUT2D eigenvalue weighted by molar-refractivity contribution is -0.124. The standard InChI is InChI=1S/C30H32N10O3/c1-15-7-8-31-26(32-15)20-11-21(20)28(42)36-24-9-16(2)33-29(37-24)34-17(3)22-13-39-12-19(18-5-6-18)10-23(27(39)35-22)40-14-25(41)38(4)30(40)43/h7-10,12-13,17-18,20-21H,5-6,11,14H2,1-4H3,(H2,33,34,36,37,42)/t17-,20+,21+/m1/s1. The van der Waals surface area contributed by atoms with Crippen LogP contribution >= 0.6 is 0 Å². The van der Waals surface area contributed by atoms with Gasteiger partial charge in [-0.05, 0) is 63.6 Å². The number of anilines is 3. The molecule has 220 valence electrons. The summed E-state index contributed by atoms with van der Waals surface area (Å²) >= 11 is 0. The second-order valence-electron chi connectivity index (χ2n) is 11.7. The van der Waals surface area contributed by atoms with Gasteiger partial charge in [0.1, 0.15) is 18.2 Å². The number of hydrogen-bond acceptors (Lipinski definition) is 9. The number of likely N-dealkylation sites (N-methyl/N-ethyl adjacent to an activating group) is 1. The molecule has 3 atom stereocenters. The van der Waals surface area contributed by atoms with Crippen molar-refractivity contribution in [3.8, 4) is 0 Å². The Hall–Kier alpha value is -4.94. The summed E-state index contributed by atoms with van der Waals surface area (Å²) in [6.45, 7) is 5.69. The third-order valence-electron chi connectivity index (χ3n) is 8.26. The van der Waals surface area contributed by atoms with Crippen molar-refractivity contribution < 1.29 is 14.4 Å². The fraction of sp³-hybridized carbons (Fsp3) is 0.400. The molecule has 0 spiro atoms. The molecular formula is C30H32N10O3. The van der Waals surface area contributed by atoms with Crippen LogP contribution in [0.1, 0.15) is 72.5 Å². The van der Waals surface area contributed by atoms with E-state index in [1.165, 1.54) is 11.9 Å². The molecule has 13 heteroatoms. The summed E-state index contributed by atoms with van der Waals surface area (Å²) < 4.78 is 1.93. The van der Waals surface area contributed by atoms with E-state index in [0.717, 1.165) is 34.7 Å². The Bertz CT molecular complexity index is 1800. The Labute approximate surface area is 247 Å². The van der Waals surface area contributed by atoms with Gasteiger partial charge >= 0.3 is 6.03 Å². The van der Waals surface area contributed by atoms with Crippen LogP contribution in [-0.2, 0) is 9.59 Å². The zero-order valence-corrected chi connectivity index (χ0v) is 24.4. The van der Waals surface area contributed by atoms with Gasteiger partial charge in [0.25, 0.3) is 0 Å². The zero-order valence-electron chi connectivity index (χ0n) is 24.4. The Morgan fingerprint density at radius 1 is 1.05 bits per heavy atom. The minimum atomic E-state index is -0.359. The number of nitrogens with one attached hydrogen (secondary N) is 2. The fourth-order valence-electron chi connectivity index (χ4n) is 5.55. The molecule has 13 nitrogen and oxygen atoms in total. The second kappa shape index (κ2) is 10.1. The van der Waals surface area contributed by atoms with E-state index in [4.69, 9.17) is 4.98 Å². The van der Waals surface area contributed by atoms with Crippen LogP contribution in [0.25, 0.3) is 5.65 Å². The number of aryl methyl sites for hydroxylation is 2. The quantitative estimate of drug-likeness (QED) is 0.297. The van der Waals surface area contributed by atoms with Crippen LogP contribution in [0.15, 0.2) is 36.8 Å². The lowest BCUT2D eigenvalue weighted by Gasteiger charge is -2.17. The van der Waals surface area contributed by atoms with Crippen molar-refractivity contribution in [2.45, 2.75) is 57.9 Å². The molecule has 4 amide bonds. The van der Waals surface area contributed by atoms with Gasteiger partial charge in [-0.3, -0.25) is 19.4 Å². The molecule has 2 N–H and O–H groups in total. The maximum atomic E-state index is 13.0. The van der Waals surface area contributed by atoms with E-state index in [9.17, 15) is 14.4 Å². The van der Waals surface area contributed by atoms with Crippen molar-refractivity contribution in [2.24, 2.45) is 5.92 Å². The summed E-state index contributed by atoms with van der Waals surface area (Å²) in [4.78, 5) is 63.5. The van der Waals surface area contributed by atoms with E-state index < -0.39 is 0 Å². The summed E-state index contributed by atoms with van der Waals surface area (Å²) in [5, 5.41) is 6.24. The van der Waals surface area contributed by atoms with E-state index in [2.05, 4.69) is 36.8 Å². The van der Waals surface area contributed by atoms with Crippen molar-refractivity contribution in [3.05, 3.63) is 65.3 Å². The Balaban J connectivity index is 1.10. The molecule has 0 bridgehead atoms. The summed E-state index contributed by atoms with van der Waals surface area (Å²) in [5.41, 5.74) is 4.63. The monoisotopic (exact) mass is 580 g/mol. The second-order valence-corrected chi connectivity index (χ2v) is 11.7. The maximum Gasteiger partial charge on any atom is 0.331 e. The minimum Gasteiger partial charge on any atom is -0.346 e. The highest BCUT2D eigenvalue weighted by Gasteiger charge is 2.46. The van der Waals surface area contributed by atoms with E-state index in [-0.39, 0.29) is 42.3 Å². The number of imidazole rings is 1. The zero-order chi connectivity index (χ0) is 30.0. The number of rotatable bonds is 8. The maximum absolute atomic E-state index is 13.0. The normalized spacial score (nSPS) is 20.6. The van der Waals surface area contributed by atoms with Crippen LogP contribution in [-0.4, -0.2) is 65.7 Å². The minimum absolute atomic E-state index is 0.00944. The van der Waals surface area contributed by atoms with Gasteiger partial charge in [-0.2, -0.15) is 4.98 Å². The van der Waals surface area contributed by atoms with Gasteiger partial charge in [-0.15, -0.1) is 0 Å². The molecule has 4 aromatic rings. The molecule has 1 aliphatic heterocycles. The number of fused-ring (bicyclic) bond motifs is 1. The van der Waals surface area contributed by atoms with E-state index in [1.54, 1.807) is 12.3 Å². The molecule has 0 radical (unpaired) electrons. The predicted octanol–water partition coefficient (Wildman–Crippen LogP) is 3.72. The molecule has 2 saturated carbocycles. The van der Waals surface area contributed by atoms with Gasteiger partial charge in [0, 0.05) is 54.9 Å². The Morgan fingerprint density at radius 2 is 1.86 bits per heavy atom. The van der Waals surface area contributed by atoms with Crippen molar-refractivity contribution in [2.75, 3.05) is 29.1 Å². The lowest BCUT2D eigenvalue weighted by Crippen LogP contribution is -2.30. The number of aromatic nitrogens is 6. The van der Waals surface area contributed by atoms with Crippen LogP contribution in [0, 0.1) is 19.8 Å². The molecule has 1 saturated heterocycles. The molecule has 2 aliphatic carbocycles. The molecule has 4 aromatic heterocycles. The van der Waals surface area contributed by atoms with Gasteiger partial charge in [0.2, 0.25) is 17.8 Å². The first-order chi connectivity index (χ1) is 20.6. The van der Waals surface area contributed by atoms with Gasteiger partial charge in [-0.1, -0.05) is 0 Å². The number of pyridine rings is 1. The number of nitrogens with zero attached hydrogens (tertiary/aromatic N) is 8. The van der Waals surface area contributed by atoms with E-state index in [0.29, 0.717) is 47.0 Å². The highest BCUT2D eigenvalue weighted by atomic mass is 16.2. The van der Waals surface area contributed by atoms with E-state index in [1.807, 2.05) is 43.5 Å². The number of amides is 4. The predicted molar refractivity (Wildman–Crippen MR) is 158 cm³/mol. The van der Waals surface area contributed by atoms with Crippen molar-refractivity contribution in [1.82, 2.24) is 34.2 Å². The average Bonchev–Trinajstić information content (AvgIpc) is 3.89. The SMILES string of the molecule is Cc1cc(NC(=O)[C@H]2C[C@@H]2c2nccc(C)n2)nc(N[C@H](C)c2cn3cc(C4CC4)cc(N4CC(=O)N(C)C4=O)c3n2)n1. The molecule has 0 unspecified atom stereocenters. The van der Waals surface area contributed by atoms with Gasteiger partial charge in [0.05, 0.1) is 17.4 Å². The molecule has 3 fully saturated rings. The third kappa shape index (κ3) is 5.15. The van der Waals surface area contributed by atoms with Crippen LogP contribution in [0.3, 0.4) is 0 Å². The first-order valence-corrected chi connectivity index (χ1v) is 14.5. The summed E-state index contributed by atoms with van der Waals surface area (Å²) in [6, 6.07) is 4.90. The number of carbonyl (C=O) groups excluding carboxylic acids is 3. The largest absolute Gasteiger partial charge is 0.346 e. The van der Waals surface area contributed by atoms with Crippen LogP contribution in [0.5, 0.6) is 0 Å². The number of hydrogen-bond donors (Lipinski definition) is 2. The van der Waals surface area contributed by atoms with Crippen LogP contribution in [0.2, 0.25) is 0 Å². The highest BCUT2D eigenvalue weighted by Crippen LogP contribution is 2.46. The number of urea groups is 1. The summed E-state index contributed by atoms with van der Waals surface area (Å²) in [5.74, 6) is 1.36. The van der Waals surface area contributed by atoms with Crippen molar-refractivity contribution in [3.63, 3.8) is 0 Å². The number of imide groups is 1. The molecule has 5 heterocycles. The van der Waals surface area contributed by atoms with Crippen LogP contribution in [0.4, 0.5) is 22.2 Å². The van der Waals surface area contributed by atoms with Gasteiger partial charge < -0.3 is 15.0 Å². The third-order valence-corrected chi connectivity index (χ3v) is 8.26. The van der Waals surface area contributed by atoms with Crippen molar-refractivity contribution >= 4 is 40.9 Å². The molecule has 43 heavy (non-hydrogen) atoms. The fourth-order valence-corrected chi connectivity index (χ4v) is 5.55. The van der Waals surface area contributed by atoms with Gasteiger partial charge in [0.15, 0.2) is 5.65 Å². The lowest BCUT2D eigenvalue weighted by atomic mass is 10.1. The first-order valence-electron chi connectivity index (χ1n) is 14.5. The summed E-state index contributed by atoms with van der Waals surface area (Å²) in [7, 11) is 1.50. The Kier molecular flexibility index (Phi) is 6.33. The van der Waals surface area contributed by atoms with E-state index >= 15 is 0 Å². The molecule has 0 aromatic carbocycles. The summed E-state index contributed by atoms with van der Waals surface area (Å²) in [6.07, 6.45) is 8.60. The van der Waals surface area contributed by atoms with Crippen LogP contribution < -0.4 is 15.5 Å². The van der Waals surface area contributed by atoms with Crippen molar-refractivity contribution in [1.29, 1.82) is 0 Å². The first kappa shape index (κ1) is 26.9. The molecular weight excluding hydrogens is 548 g/mol. The average molecular weight is 581 g/mol. The highest BCUT2D eigenvalue weighted by molar-refractivity contribution is 6.13.